The van der Waals surface area contributed by atoms with Crippen molar-refractivity contribution in [2.24, 2.45) is 0 Å². The second-order valence-electron chi connectivity index (χ2n) is 4.01. The highest BCUT2D eigenvalue weighted by Crippen LogP contribution is 2.25. The van der Waals surface area contributed by atoms with E-state index in [-0.39, 0.29) is 11.8 Å². The van der Waals surface area contributed by atoms with Crippen molar-refractivity contribution in [2.45, 2.75) is 24.6 Å². The minimum Gasteiger partial charge on any atom is -0.380 e. The maximum absolute atomic E-state index is 11.9. The first kappa shape index (κ1) is 13.5. The van der Waals surface area contributed by atoms with Crippen molar-refractivity contribution in [1.82, 2.24) is 4.72 Å². The molecule has 0 aromatic carbocycles. The molecule has 2 heterocycles. The first-order valence-corrected chi connectivity index (χ1v) is 8.69. The molecule has 0 aliphatic carbocycles. The molecule has 7 heteroatoms. The fourth-order valence-electron chi connectivity index (χ4n) is 1.76. The molecule has 1 aromatic heterocycles. The van der Waals surface area contributed by atoms with Crippen molar-refractivity contribution >= 4 is 37.3 Å². The van der Waals surface area contributed by atoms with Crippen LogP contribution in [0.5, 0.6) is 0 Å². The molecular formula is C10H14BrNO3S2. The number of hydrogen-bond donors (Lipinski definition) is 1. The van der Waals surface area contributed by atoms with Gasteiger partial charge in [-0.25, -0.2) is 13.1 Å². The molecule has 0 saturated carbocycles. The Kier molecular flexibility index (Phi) is 4.59. The number of nitrogens with one attached hydrogen (secondary N) is 1. The lowest BCUT2D eigenvalue weighted by Gasteiger charge is -2.22. The fourth-order valence-corrected chi connectivity index (χ4v) is 4.70. The van der Waals surface area contributed by atoms with Crippen LogP contribution in [-0.2, 0) is 20.5 Å². The first-order valence-electron chi connectivity index (χ1n) is 5.36. The quantitative estimate of drug-likeness (QED) is 0.913. The second kappa shape index (κ2) is 5.79. The smallest absolute Gasteiger partial charge is 0.216 e. The molecule has 1 fully saturated rings. The van der Waals surface area contributed by atoms with E-state index in [2.05, 4.69) is 20.7 Å². The largest absolute Gasteiger partial charge is 0.380 e. The van der Waals surface area contributed by atoms with Gasteiger partial charge in [0.15, 0.2) is 0 Å². The minimum absolute atomic E-state index is 0.0214. The lowest BCUT2D eigenvalue weighted by atomic mass is 10.1. The second-order valence-corrected chi connectivity index (χ2v) is 8.00. The Hall–Kier alpha value is 0.0500. The molecule has 0 amide bonds. The molecule has 1 aliphatic heterocycles. The summed E-state index contributed by atoms with van der Waals surface area (Å²) >= 11 is 4.84. The van der Waals surface area contributed by atoms with Gasteiger partial charge in [-0.05, 0) is 45.8 Å². The third-order valence-electron chi connectivity index (χ3n) is 2.55. The molecule has 0 spiro atoms. The molecule has 2 rings (SSSR count). The van der Waals surface area contributed by atoms with Crippen LogP contribution < -0.4 is 4.72 Å². The van der Waals surface area contributed by atoms with Gasteiger partial charge in [0.25, 0.3) is 0 Å². The summed E-state index contributed by atoms with van der Waals surface area (Å²) in [5.41, 5.74) is 0.805. The van der Waals surface area contributed by atoms with Gasteiger partial charge >= 0.3 is 0 Å². The third kappa shape index (κ3) is 4.03. The molecule has 96 valence electrons. The van der Waals surface area contributed by atoms with Gasteiger partial charge in [-0.3, -0.25) is 0 Å². The standard InChI is InChI=1S/C10H14BrNO3S2/c11-10-8(3-5-16-10)7-17(13,14)12-9-2-1-4-15-6-9/h3,5,9,12H,1-2,4,6-7H2/t9-/m1/s1. The number of thiophene rings is 1. The summed E-state index contributed by atoms with van der Waals surface area (Å²) in [4.78, 5) is 0. The Morgan fingerprint density at radius 3 is 3.00 bits per heavy atom. The summed E-state index contributed by atoms with van der Waals surface area (Å²) in [7, 11) is -3.28. The summed E-state index contributed by atoms with van der Waals surface area (Å²) in [6, 6.07) is 1.75. The number of ether oxygens (including phenoxy) is 1. The fraction of sp³-hybridized carbons (Fsp3) is 0.600. The number of halogens is 1. The zero-order chi connectivity index (χ0) is 12.3. The number of rotatable bonds is 4. The Bertz CT molecular complexity index is 466. The van der Waals surface area contributed by atoms with Gasteiger partial charge in [-0.1, -0.05) is 0 Å². The monoisotopic (exact) mass is 339 g/mol. The summed E-state index contributed by atoms with van der Waals surface area (Å²) in [5.74, 6) is 0.0214. The van der Waals surface area contributed by atoms with E-state index >= 15 is 0 Å². The molecule has 0 unspecified atom stereocenters. The van der Waals surface area contributed by atoms with Gasteiger partial charge < -0.3 is 4.74 Å². The highest BCUT2D eigenvalue weighted by atomic mass is 79.9. The maximum atomic E-state index is 11.9. The average molecular weight is 340 g/mol. The Morgan fingerprint density at radius 1 is 1.59 bits per heavy atom. The molecule has 4 nitrogen and oxygen atoms in total. The maximum Gasteiger partial charge on any atom is 0.216 e. The van der Waals surface area contributed by atoms with Crippen LogP contribution in [0, 0.1) is 0 Å². The Labute approximate surface area is 114 Å². The molecule has 17 heavy (non-hydrogen) atoms. The SMILES string of the molecule is O=S(=O)(Cc1ccsc1Br)N[C@@H]1CCCOC1. The van der Waals surface area contributed by atoms with Gasteiger partial charge in [-0.2, -0.15) is 0 Å². The predicted octanol–water partition coefficient (Wildman–Crippen LogP) is 2.11. The topological polar surface area (TPSA) is 55.4 Å². The van der Waals surface area contributed by atoms with Crippen LogP contribution in [0.25, 0.3) is 0 Å². The molecule has 0 radical (unpaired) electrons. The molecule has 1 atom stereocenters. The first-order chi connectivity index (χ1) is 8.07. The van der Waals surface area contributed by atoms with E-state index in [0.717, 1.165) is 28.8 Å². The van der Waals surface area contributed by atoms with Crippen molar-refractivity contribution in [3.8, 4) is 0 Å². The van der Waals surface area contributed by atoms with E-state index in [4.69, 9.17) is 4.74 Å². The molecule has 1 aliphatic rings. The third-order valence-corrected chi connectivity index (χ3v) is 5.74. The lowest BCUT2D eigenvalue weighted by Crippen LogP contribution is -2.41. The van der Waals surface area contributed by atoms with Gasteiger partial charge in [0.2, 0.25) is 10.0 Å². The van der Waals surface area contributed by atoms with Crippen LogP contribution in [0.15, 0.2) is 15.2 Å². The predicted molar refractivity (Wildman–Crippen MR) is 71.6 cm³/mol. The van der Waals surface area contributed by atoms with Crippen molar-refractivity contribution in [3.05, 3.63) is 20.8 Å². The van der Waals surface area contributed by atoms with Gasteiger partial charge in [0, 0.05) is 12.6 Å². The summed E-state index contributed by atoms with van der Waals surface area (Å²) in [6.07, 6.45) is 1.76. The van der Waals surface area contributed by atoms with E-state index in [1.54, 1.807) is 0 Å². The van der Waals surface area contributed by atoms with Crippen molar-refractivity contribution in [2.75, 3.05) is 13.2 Å². The lowest BCUT2D eigenvalue weighted by molar-refractivity contribution is 0.0774. The average Bonchev–Trinajstić information content (AvgIpc) is 2.64. The van der Waals surface area contributed by atoms with Gasteiger partial charge in [-0.15, -0.1) is 11.3 Å². The summed E-state index contributed by atoms with van der Waals surface area (Å²) in [5, 5.41) is 1.87. The van der Waals surface area contributed by atoms with Crippen LogP contribution in [0.1, 0.15) is 18.4 Å². The van der Waals surface area contributed by atoms with Gasteiger partial charge in [0.05, 0.1) is 16.1 Å². The van der Waals surface area contributed by atoms with Crippen LogP contribution >= 0.6 is 27.3 Å². The summed E-state index contributed by atoms with van der Waals surface area (Å²) < 4.78 is 32.7. The Balaban J connectivity index is 1.97. The van der Waals surface area contributed by atoms with Crippen molar-refractivity contribution in [1.29, 1.82) is 0 Å². The minimum atomic E-state index is -3.28. The van der Waals surface area contributed by atoms with E-state index in [9.17, 15) is 8.42 Å². The molecular weight excluding hydrogens is 326 g/mol. The van der Waals surface area contributed by atoms with Crippen LogP contribution in [0.4, 0.5) is 0 Å². The van der Waals surface area contributed by atoms with E-state index in [0.29, 0.717) is 6.61 Å². The van der Waals surface area contributed by atoms with E-state index < -0.39 is 10.0 Å². The molecule has 1 saturated heterocycles. The Morgan fingerprint density at radius 2 is 2.41 bits per heavy atom. The zero-order valence-electron chi connectivity index (χ0n) is 9.19. The van der Waals surface area contributed by atoms with Crippen LogP contribution in [0.3, 0.4) is 0 Å². The van der Waals surface area contributed by atoms with Crippen LogP contribution in [-0.4, -0.2) is 27.7 Å². The van der Waals surface area contributed by atoms with Gasteiger partial charge in [0.1, 0.15) is 0 Å². The van der Waals surface area contributed by atoms with Crippen molar-refractivity contribution < 1.29 is 13.2 Å². The highest BCUT2D eigenvalue weighted by Gasteiger charge is 2.21. The highest BCUT2D eigenvalue weighted by molar-refractivity contribution is 9.11. The normalized spacial score (nSPS) is 21.6. The van der Waals surface area contributed by atoms with E-state index in [1.165, 1.54) is 11.3 Å². The van der Waals surface area contributed by atoms with E-state index in [1.807, 2.05) is 11.4 Å². The zero-order valence-corrected chi connectivity index (χ0v) is 12.4. The summed E-state index contributed by atoms with van der Waals surface area (Å²) in [6.45, 7) is 1.21. The molecule has 1 aromatic rings. The number of hydrogen-bond acceptors (Lipinski definition) is 4. The molecule has 1 N–H and O–H groups in total. The van der Waals surface area contributed by atoms with Crippen LogP contribution in [0.2, 0.25) is 0 Å². The number of sulfonamides is 1. The molecule has 0 bridgehead atoms. The van der Waals surface area contributed by atoms with Crippen molar-refractivity contribution in [3.63, 3.8) is 0 Å².